The summed E-state index contributed by atoms with van der Waals surface area (Å²) in [5.74, 6) is -0.781. The molecule has 0 saturated carbocycles. The van der Waals surface area contributed by atoms with Crippen LogP contribution in [-0.2, 0) is 11.3 Å². The monoisotopic (exact) mass is 260 g/mol. The third-order valence-electron chi connectivity index (χ3n) is 2.39. The Kier molecular flexibility index (Phi) is 4.02. The van der Waals surface area contributed by atoms with Gasteiger partial charge in [0.1, 0.15) is 12.1 Å². The summed E-state index contributed by atoms with van der Waals surface area (Å²) in [5.41, 5.74) is 1.77. The number of halogens is 1. The van der Waals surface area contributed by atoms with Gasteiger partial charge in [-0.2, -0.15) is 0 Å². The number of amides is 1. The maximum absolute atomic E-state index is 13.4. The highest BCUT2D eigenvalue weighted by Gasteiger charge is 2.05. The predicted molar refractivity (Wildman–Crippen MR) is 70.1 cm³/mol. The lowest BCUT2D eigenvalue weighted by molar-refractivity contribution is -0.114. The topological polar surface area (TPSA) is 66.9 Å². The van der Waals surface area contributed by atoms with Crippen molar-refractivity contribution >= 4 is 17.3 Å². The molecule has 0 fully saturated rings. The maximum Gasteiger partial charge on any atom is 0.221 e. The van der Waals surface area contributed by atoms with Gasteiger partial charge in [0.05, 0.1) is 5.69 Å². The molecule has 0 aliphatic rings. The molecular weight excluding hydrogens is 247 g/mol. The van der Waals surface area contributed by atoms with Crippen LogP contribution in [0.25, 0.3) is 0 Å². The summed E-state index contributed by atoms with van der Waals surface area (Å²) < 4.78 is 13.4. The quantitative estimate of drug-likeness (QED) is 0.884. The molecule has 2 rings (SSSR count). The second-order valence-corrected chi connectivity index (χ2v) is 3.98. The number of carbonyl (C=O) groups excluding carboxylic acids is 1. The van der Waals surface area contributed by atoms with Gasteiger partial charge in [-0.3, -0.25) is 4.79 Å². The molecule has 1 amide bonds. The van der Waals surface area contributed by atoms with Crippen molar-refractivity contribution in [1.82, 2.24) is 9.97 Å². The van der Waals surface area contributed by atoms with Crippen molar-refractivity contribution in [2.75, 3.05) is 10.6 Å². The van der Waals surface area contributed by atoms with Crippen LogP contribution in [0.15, 0.2) is 36.9 Å². The standard InChI is InChI=1S/C13H13FN4O/c1-9(19)18-13-4-11(2-3-12(13)14)17-7-10-5-15-8-16-6-10/h2-6,8,17H,7H2,1H3,(H,18,19). The Balaban J connectivity index is 2.06. The molecule has 0 bridgehead atoms. The first-order valence-electron chi connectivity index (χ1n) is 5.70. The zero-order valence-corrected chi connectivity index (χ0v) is 10.4. The van der Waals surface area contributed by atoms with Gasteiger partial charge in [0.2, 0.25) is 5.91 Å². The number of anilines is 2. The minimum atomic E-state index is -0.469. The molecule has 0 radical (unpaired) electrons. The van der Waals surface area contributed by atoms with Crippen LogP contribution in [0.1, 0.15) is 12.5 Å². The van der Waals surface area contributed by atoms with Gasteiger partial charge in [-0.05, 0) is 18.2 Å². The van der Waals surface area contributed by atoms with E-state index in [1.807, 2.05) is 0 Å². The van der Waals surface area contributed by atoms with E-state index in [1.54, 1.807) is 24.5 Å². The fourth-order valence-electron chi connectivity index (χ4n) is 1.55. The van der Waals surface area contributed by atoms with Crippen molar-refractivity contribution in [2.24, 2.45) is 0 Å². The zero-order valence-electron chi connectivity index (χ0n) is 10.4. The van der Waals surface area contributed by atoms with Crippen LogP contribution < -0.4 is 10.6 Å². The lowest BCUT2D eigenvalue weighted by Gasteiger charge is -2.09. The highest BCUT2D eigenvalue weighted by atomic mass is 19.1. The van der Waals surface area contributed by atoms with E-state index >= 15 is 0 Å². The van der Waals surface area contributed by atoms with Gasteiger partial charge >= 0.3 is 0 Å². The number of hydrogen-bond donors (Lipinski definition) is 2. The molecule has 0 aliphatic carbocycles. The lowest BCUT2D eigenvalue weighted by atomic mass is 10.2. The summed E-state index contributed by atoms with van der Waals surface area (Å²) in [5, 5.41) is 5.54. The molecule has 0 atom stereocenters. The second-order valence-electron chi connectivity index (χ2n) is 3.98. The average Bonchev–Trinajstić information content (AvgIpc) is 2.40. The van der Waals surface area contributed by atoms with Crippen LogP contribution in [0, 0.1) is 5.82 Å². The smallest absolute Gasteiger partial charge is 0.221 e. The van der Waals surface area contributed by atoms with Gasteiger partial charge in [-0.15, -0.1) is 0 Å². The molecular formula is C13H13FN4O. The third-order valence-corrected chi connectivity index (χ3v) is 2.39. The predicted octanol–water partition coefficient (Wildman–Crippen LogP) is 2.19. The van der Waals surface area contributed by atoms with Crippen molar-refractivity contribution < 1.29 is 9.18 Å². The van der Waals surface area contributed by atoms with Gasteiger partial charge in [-0.25, -0.2) is 14.4 Å². The fourth-order valence-corrected chi connectivity index (χ4v) is 1.55. The van der Waals surface area contributed by atoms with Crippen molar-refractivity contribution in [1.29, 1.82) is 0 Å². The van der Waals surface area contributed by atoms with Crippen LogP contribution in [0.4, 0.5) is 15.8 Å². The summed E-state index contributed by atoms with van der Waals surface area (Å²) >= 11 is 0. The fraction of sp³-hybridized carbons (Fsp3) is 0.154. The van der Waals surface area contributed by atoms with Crippen molar-refractivity contribution in [3.05, 3.63) is 48.3 Å². The first-order valence-corrected chi connectivity index (χ1v) is 5.70. The van der Waals surface area contributed by atoms with Crippen LogP contribution in [0.2, 0.25) is 0 Å². The minimum Gasteiger partial charge on any atom is -0.381 e. The number of nitrogens with one attached hydrogen (secondary N) is 2. The van der Waals surface area contributed by atoms with Crippen LogP contribution in [0.5, 0.6) is 0 Å². The molecule has 1 aromatic carbocycles. The molecule has 19 heavy (non-hydrogen) atoms. The summed E-state index contributed by atoms with van der Waals surface area (Å²) in [6.45, 7) is 1.85. The van der Waals surface area contributed by atoms with E-state index in [0.717, 1.165) is 5.56 Å². The SMILES string of the molecule is CC(=O)Nc1cc(NCc2cncnc2)ccc1F. The molecule has 2 N–H and O–H groups in total. The highest BCUT2D eigenvalue weighted by Crippen LogP contribution is 2.20. The van der Waals surface area contributed by atoms with Gasteiger partial charge in [-0.1, -0.05) is 0 Å². The second kappa shape index (κ2) is 5.90. The van der Waals surface area contributed by atoms with Crippen molar-refractivity contribution in [3.8, 4) is 0 Å². The molecule has 98 valence electrons. The molecule has 0 unspecified atom stereocenters. The third kappa shape index (κ3) is 3.74. The van der Waals surface area contributed by atoms with Gasteiger partial charge in [0.25, 0.3) is 0 Å². The normalized spacial score (nSPS) is 10.0. The van der Waals surface area contributed by atoms with Gasteiger partial charge < -0.3 is 10.6 Å². The molecule has 6 heteroatoms. The number of nitrogens with zero attached hydrogens (tertiary/aromatic N) is 2. The molecule has 2 aromatic rings. The van der Waals surface area contributed by atoms with Crippen molar-refractivity contribution in [3.63, 3.8) is 0 Å². The summed E-state index contributed by atoms with van der Waals surface area (Å²) in [6, 6.07) is 4.44. The van der Waals surface area contributed by atoms with Crippen molar-refractivity contribution in [2.45, 2.75) is 13.5 Å². The Bertz CT molecular complexity index is 574. The van der Waals surface area contributed by atoms with E-state index in [1.165, 1.54) is 19.3 Å². The van der Waals surface area contributed by atoms with E-state index in [4.69, 9.17) is 0 Å². The van der Waals surface area contributed by atoms with Gasteiger partial charge in [0, 0.05) is 37.1 Å². The number of aromatic nitrogens is 2. The van der Waals surface area contributed by atoms with Gasteiger partial charge in [0.15, 0.2) is 0 Å². The summed E-state index contributed by atoms with van der Waals surface area (Å²) in [6.07, 6.45) is 4.84. The molecule has 0 spiro atoms. The minimum absolute atomic E-state index is 0.154. The average molecular weight is 260 g/mol. The maximum atomic E-state index is 13.4. The molecule has 1 heterocycles. The highest BCUT2D eigenvalue weighted by molar-refractivity contribution is 5.89. The number of hydrogen-bond acceptors (Lipinski definition) is 4. The first kappa shape index (κ1) is 12.9. The molecule has 0 aliphatic heterocycles. The Hall–Kier alpha value is -2.50. The van der Waals surface area contributed by atoms with E-state index in [2.05, 4.69) is 20.6 Å². The molecule has 0 saturated heterocycles. The Morgan fingerprint density at radius 2 is 2.05 bits per heavy atom. The number of carbonyl (C=O) groups is 1. The lowest BCUT2D eigenvalue weighted by Crippen LogP contribution is -2.08. The van der Waals surface area contributed by atoms with Crippen LogP contribution in [-0.4, -0.2) is 15.9 Å². The Morgan fingerprint density at radius 3 is 2.74 bits per heavy atom. The van der Waals surface area contributed by atoms with E-state index < -0.39 is 5.82 Å². The molecule has 1 aromatic heterocycles. The van der Waals surface area contributed by atoms with E-state index in [-0.39, 0.29) is 11.6 Å². The van der Waals surface area contributed by atoms with E-state index in [0.29, 0.717) is 12.2 Å². The Morgan fingerprint density at radius 1 is 1.32 bits per heavy atom. The zero-order chi connectivity index (χ0) is 13.7. The number of rotatable bonds is 4. The molecule has 5 nitrogen and oxygen atoms in total. The largest absolute Gasteiger partial charge is 0.381 e. The Labute approximate surface area is 109 Å². The van der Waals surface area contributed by atoms with Crippen LogP contribution in [0.3, 0.4) is 0 Å². The summed E-state index contributed by atoms with van der Waals surface area (Å²) in [7, 11) is 0. The number of benzene rings is 1. The first-order chi connectivity index (χ1) is 9.15. The van der Waals surface area contributed by atoms with Crippen LogP contribution >= 0.6 is 0 Å². The summed E-state index contributed by atoms with van der Waals surface area (Å²) in [4.78, 5) is 18.7. The van der Waals surface area contributed by atoms with E-state index in [9.17, 15) is 9.18 Å².